The van der Waals surface area contributed by atoms with Gasteiger partial charge in [-0.05, 0) is 23.3 Å². The van der Waals surface area contributed by atoms with Gasteiger partial charge in [0.2, 0.25) is 5.91 Å². The number of halogens is 3. The molecule has 3 nitrogen and oxygen atoms in total. The van der Waals surface area contributed by atoms with Crippen molar-refractivity contribution >= 4 is 23.2 Å². The third kappa shape index (κ3) is 2.46. The zero-order valence-corrected chi connectivity index (χ0v) is 12.6. The molecule has 1 atom stereocenters. The highest BCUT2D eigenvalue weighted by atomic mass is 35.5. The topological polar surface area (TPSA) is 33.2 Å². The number of aromatic nitrogens is 1. The predicted octanol–water partition coefficient (Wildman–Crippen LogP) is 3.71. The number of carbonyl (C=O) groups is 1. The Bertz CT molecular complexity index is 751. The summed E-state index contributed by atoms with van der Waals surface area (Å²) in [5.41, 5.74) is 1.87. The number of anilines is 1. The number of rotatable bonds is 2. The number of carbonyl (C=O) groups excluding carboxylic acids is 1. The van der Waals surface area contributed by atoms with Gasteiger partial charge in [0, 0.05) is 18.7 Å². The van der Waals surface area contributed by atoms with Gasteiger partial charge in [0.15, 0.2) is 0 Å². The normalized spacial score (nSPS) is 16.7. The van der Waals surface area contributed by atoms with Crippen molar-refractivity contribution in [2.45, 2.75) is 19.3 Å². The molecule has 1 aromatic carbocycles. The molecule has 0 saturated carbocycles. The van der Waals surface area contributed by atoms with Crippen LogP contribution in [0.25, 0.3) is 0 Å². The second-order valence-electron chi connectivity index (χ2n) is 5.35. The molecule has 6 heteroatoms. The van der Waals surface area contributed by atoms with Crippen LogP contribution in [-0.4, -0.2) is 17.4 Å². The number of hydrogen-bond acceptors (Lipinski definition) is 2. The second kappa shape index (κ2) is 5.65. The summed E-state index contributed by atoms with van der Waals surface area (Å²) >= 11 is 5.55. The number of amides is 1. The fraction of sp³-hybridized carbons (Fsp3) is 0.250. The fourth-order valence-electron chi connectivity index (χ4n) is 2.71. The Balaban J connectivity index is 1.86. The van der Waals surface area contributed by atoms with E-state index < -0.39 is 16.7 Å². The van der Waals surface area contributed by atoms with Crippen LogP contribution in [0, 0.1) is 11.6 Å². The van der Waals surface area contributed by atoms with Gasteiger partial charge in [-0.15, -0.1) is 0 Å². The van der Waals surface area contributed by atoms with Gasteiger partial charge in [0.1, 0.15) is 16.7 Å². The number of nitrogens with zero attached hydrogens (tertiary/aromatic N) is 2. The van der Waals surface area contributed by atoms with Crippen molar-refractivity contribution in [2.75, 3.05) is 11.4 Å². The van der Waals surface area contributed by atoms with Gasteiger partial charge < -0.3 is 4.90 Å². The number of pyridine rings is 1. The van der Waals surface area contributed by atoms with E-state index in [-0.39, 0.29) is 23.8 Å². The van der Waals surface area contributed by atoms with E-state index in [2.05, 4.69) is 4.98 Å². The van der Waals surface area contributed by atoms with Crippen molar-refractivity contribution in [3.63, 3.8) is 0 Å². The molecule has 22 heavy (non-hydrogen) atoms. The molecule has 2 aromatic rings. The highest BCUT2D eigenvalue weighted by Gasteiger charge is 2.30. The summed E-state index contributed by atoms with van der Waals surface area (Å²) < 4.78 is 27.1. The van der Waals surface area contributed by atoms with Gasteiger partial charge in [-0.25, -0.2) is 8.78 Å². The lowest BCUT2D eigenvalue weighted by molar-refractivity contribution is -0.118. The quantitative estimate of drug-likeness (QED) is 0.790. The first-order valence-electron chi connectivity index (χ1n) is 6.85. The third-order valence-corrected chi connectivity index (χ3v) is 4.22. The van der Waals surface area contributed by atoms with Crippen LogP contribution in [0.2, 0.25) is 5.02 Å². The Kier molecular flexibility index (Phi) is 3.83. The Morgan fingerprint density at radius 3 is 2.95 bits per heavy atom. The maximum atomic E-state index is 13.9. The molecule has 1 unspecified atom stereocenters. The molecule has 0 N–H and O–H groups in total. The first kappa shape index (κ1) is 14.9. The van der Waals surface area contributed by atoms with E-state index in [1.54, 1.807) is 17.3 Å². The standard InChI is InChI=1S/C16H13ClF2N2O/c1-9-8-21(13-7-20-5-4-11(9)13)14(22)6-10-2-3-12(18)15(17)16(10)19/h2-5,7,9H,6,8H2,1H3. The first-order chi connectivity index (χ1) is 10.5. The molecule has 1 aliphatic heterocycles. The maximum Gasteiger partial charge on any atom is 0.231 e. The van der Waals surface area contributed by atoms with Crippen molar-refractivity contribution < 1.29 is 13.6 Å². The Morgan fingerprint density at radius 2 is 2.18 bits per heavy atom. The summed E-state index contributed by atoms with van der Waals surface area (Å²) in [6.45, 7) is 2.54. The average Bonchev–Trinajstić information content (AvgIpc) is 2.86. The van der Waals surface area contributed by atoms with Crippen LogP contribution in [0.1, 0.15) is 24.0 Å². The molecular formula is C16H13ClF2N2O. The van der Waals surface area contributed by atoms with Crippen molar-refractivity contribution in [1.29, 1.82) is 0 Å². The highest BCUT2D eigenvalue weighted by Crippen LogP contribution is 2.35. The number of benzene rings is 1. The molecule has 3 rings (SSSR count). The molecule has 0 fully saturated rings. The van der Waals surface area contributed by atoms with Gasteiger partial charge in [0.25, 0.3) is 0 Å². The molecule has 2 heterocycles. The molecular weight excluding hydrogens is 310 g/mol. The summed E-state index contributed by atoms with van der Waals surface area (Å²) in [6, 6.07) is 4.19. The van der Waals surface area contributed by atoms with Crippen LogP contribution in [0.4, 0.5) is 14.5 Å². The largest absolute Gasteiger partial charge is 0.310 e. The minimum absolute atomic E-state index is 0.0846. The van der Waals surface area contributed by atoms with E-state index in [9.17, 15) is 13.6 Å². The molecule has 1 amide bonds. The molecule has 0 radical (unpaired) electrons. The van der Waals surface area contributed by atoms with Crippen molar-refractivity contribution in [3.8, 4) is 0 Å². The van der Waals surface area contributed by atoms with E-state index in [4.69, 9.17) is 11.6 Å². The number of fused-ring (bicyclic) bond motifs is 1. The van der Waals surface area contributed by atoms with Gasteiger partial charge in [0.05, 0.1) is 18.3 Å². The lowest BCUT2D eigenvalue weighted by Crippen LogP contribution is -2.31. The molecule has 0 spiro atoms. The van der Waals surface area contributed by atoms with Gasteiger partial charge >= 0.3 is 0 Å². The average molecular weight is 323 g/mol. The van der Waals surface area contributed by atoms with E-state index in [0.29, 0.717) is 6.54 Å². The summed E-state index contributed by atoms with van der Waals surface area (Å²) in [7, 11) is 0. The summed E-state index contributed by atoms with van der Waals surface area (Å²) in [5.74, 6) is -1.78. The maximum absolute atomic E-state index is 13.9. The van der Waals surface area contributed by atoms with E-state index >= 15 is 0 Å². The van der Waals surface area contributed by atoms with Gasteiger partial charge in [-0.3, -0.25) is 9.78 Å². The van der Waals surface area contributed by atoms with Crippen LogP contribution in [0.5, 0.6) is 0 Å². The summed E-state index contributed by atoms with van der Waals surface area (Å²) in [5, 5.41) is -0.581. The molecule has 0 bridgehead atoms. The van der Waals surface area contributed by atoms with Crippen LogP contribution in [-0.2, 0) is 11.2 Å². The highest BCUT2D eigenvalue weighted by molar-refractivity contribution is 6.31. The zero-order chi connectivity index (χ0) is 15.9. The Morgan fingerprint density at radius 1 is 1.41 bits per heavy atom. The summed E-state index contributed by atoms with van der Waals surface area (Å²) in [4.78, 5) is 18.1. The molecule has 0 aliphatic carbocycles. The lowest BCUT2D eigenvalue weighted by Gasteiger charge is -2.17. The van der Waals surface area contributed by atoms with Crippen LogP contribution in [0.3, 0.4) is 0 Å². The zero-order valence-electron chi connectivity index (χ0n) is 11.8. The minimum Gasteiger partial charge on any atom is -0.310 e. The van der Waals surface area contributed by atoms with Crippen LogP contribution < -0.4 is 4.90 Å². The van der Waals surface area contributed by atoms with Crippen molar-refractivity contribution in [1.82, 2.24) is 4.98 Å². The SMILES string of the molecule is CC1CN(C(=O)Cc2ccc(F)c(Cl)c2F)c2cnccc21. The van der Waals surface area contributed by atoms with E-state index in [1.165, 1.54) is 6.07 Å². The molecule has 1 aliphatic rings. The van der Waals surface area contributed by atoms with Crippen molar-refractivity contribution in [2.24, 2.45) is 0 Å². The lowest BCUT2D eigenvalue weighted by atomic mass is 10.1. The Hall–Kier alpha value is -2.01. The van der Waals surface area contributed by atoms with E-state index in [0.717, 1.165) is 17.3 Å². The smallest absolute Gasteiger partial charge is 0.231 e. The van der Waals surface area contributed by atoms with Gasteiger partial charge in [-0.1, -0.05) is 24.6 Å². The molecule has 114 valence electrons. The predicted molar refractivity (Wildman–Crippen MR) is 80.1 cm³/mol. The number of hydrogen-bond donors (Lipinski definition) is 0. The minimum atomic E-state index is -0.881. The van der Waals surface area contributed by atoms with Gasteiger partial charge in [-0.2, -0.15) is 0 Å². The monoisotopic (exact) mass is 322 g/mol. The summed E-state index contributed by atoms with van der Waals surface area (Å²) in [6.07, 6.45) is 3.14. The van der Waals surface area contributed by atoms with Crippen molar-refractivity contribution in [3.05, 3.63) is 58.4 Å². The first-order valence-corrected chi connectivity index (χ1v) is 7.23. The second-order valence-corrected chi connectivity index (χ2v) is 5.73. The third-order valence-electron chi connectivity index (χ3n) is 3.87. The van der Waals surface area contributed by atoms with E-state index in [1.807, 2.05) is 13.0 Å². The Labute approximate surface area is 131 Å². The van der Waals surface area contributed by atoms with Crippen LogP contribution >= 0.6 is 11.6 Å². The fourth-order valence-corrected chi connectivity index (χ4v) is 2.89. The molecule has 0 saturated heterocycles. The van der Waals surface area contributed by atoms with Crippen LogP contribution in [0.15, 0.2) is 30.6 Å². The molecule has 1 aromatic heterocycles.